The van der Waals surface area contributed by atoms with Gasteiger partial charge in [-0.3, -0.25) is 4.79 Å². The maximum atomic E-state index is 11.9. The van der Waals surface area contributed by atoms with Crippen LogP contribution in [0.15, 0.2) is 40.4 Å². The van der Waals surface area contributed by atoms with E-state index in [1.165, 1.54) is 17.8 Å². The van der Waals surface area contributed by atoms with Gasteiger partial charge in [0.2, 0.25) is 0 Å². The zero-order valence-corrected chi connectivity index (χ0v) is 11.3. The van der Waals surface area contributed by atoms with Gasteiger partial charge in [-0.05, 0) is 17.8 Å². The molecule has 0 saturated heterocycles. The molecular weight excluding hydrogens is 260 g/mol. The largest absolute Gasteiger partial charge is 0.383 e. The Bertz CT molecular complexity index is 595. The molecule has 6 heteroatoms. The van der Waals surface area contributed by atoms with Crippen LogP contribution in [0.2, 0.25) is 0 Å². The fourth-order valence-corrected chi connectivity index (χ4v) is 2.52. The molecule has 0 saturated carbocycles. The maximum absolute atomic E-state index is 11.9. The van der Waals surface area contributed by atoms with Crippen LogP contribution in [0.4, 0.5) is 11.6 Å². The number of aromatic nitrogens is 2. The molecule has 1 aromatic carbocycles. The Morgan fingerprint density at radius 1 is 1.21 bits per heavy atom. The molecule has 1 heterocycles. The summed E-state index contributed by atoms with van der Waals surface area (Å²) < 4.78 is 0. The van der Waals surface area contributed by atoms with Crippen molar-refractivity contribution < 1.29 is 4.79 Å². The second kappa shape index (κ2) is 5.71. The first kappa shape index (κ1) is 13.4. The Morgan fingerprint density at radius 2 is 1.84 bits per heavy atom. The van der Waals surface area contributed by atoms with E-state index in [2.05, 4.69) is 9.97 Å². The Balaban J connectivity index is 2.35. The van der Waals surface area contributed by atoms with Crippen LogP contribution in [0, 0.1) is 0 Å². The first-order valence-corrected chi connectivity index (χ1v) is 6.62. The van der Waals surface area contributed by atoms with E-state index in [-0.39, 0.29) is 5.78 Å². The van der Waals surface area contributed by atoms with E-state index in [1.807, 2.05) is 25.1 Å². The molecule has 0 spiro atoms. The third-order valence-corrected chi connectivity index (χ3v) is 3.40. The lowest BCUT2D eigenvalue weighted by Crippen LogP contribution is -2.01. The number of benzene rings is 1. The topological polar surface area (TPSA) is 94.9 Å². The fraction of sp³-hybridized carbons (Fsp3) is 0.154. The van der Waals surface area contributed by atoms with Gasteiger partial charge in [-0.2, -0.15) is 0 Å². The van der Waals surface area contributed by atoms with Crippen LogP contribution in [0.25, 0.3) is 0 Å². The molecule has 0 aliphatic rings. The lowest BCUT2D eigenvalue weighted by molar-refractivity contribution is 0.0985. The molecule has 0 atom stereocenters. The smallest absolute Gasteiger partial charge is 0.196 e. The molecule has 0 aliphatic heterocycles. The molecule has 0 amide bonds. The first-order valence-electron chi connectivity index (χ1n) is 5.80. The first-order chi connectivity index (χ1) is 9.10. The van der Waals surface area contributed by atoms with Gasteiger partial charge < -0.3 is 11.5 Å². The van der Waals surface area contributed by atoms with Gasteiger partial charge >= 0.3 is 0 Å². The molecule has 98 valence electrons. The molecule has 0 unspecified atom stereocenters. The van der Waals surface area contributed by atoms with Crippen molar-refractivity contribution in [1.82, 2.24) is 9.97 Å². The highest BCUT2D eigenvalue weighted by atomic mass is 32.2. The third kappa shape index (κ3) is 3.23. The quantitative estimate of drug-likeness (QED) is 0.656. The van der Waals surface area contributed by atoms with E-state index in [0.717, 1.165) is 4.90 Å². The van der Waals surface area contributed by atoms with Crippen molar-refractivity contribution in [3.05, 3.63) is 35.9 Å². The monoisotopic (exact) mass is 274 g/mol. The van der Waals surface area contributed by atoms with E-state index < -0.39 is 0 Å². The number of carbonyl (C=O) groups is 1. The molecule has 0 fully saturated rings. The highest BCUT2D eigenvalue weighted by Crippen LogP contribution is 2.29. The summed E-state index contributed by atoms with van der Waals surface area (Å²) in [5, 5.41) is 0.439. The number of hydrogen-bond acceptors (Lipinski definition) is 6. The molecule has 19 heavy (non-hydrogen) atoms. The normalized spacial score (nSPS) is 10.4. The van der Waals surface area contributed by atoms with Crippen molar-refractivity contribution in [2.45, 2.75) is 23.4 Å². The van der Waals surface area contributed by atoms with Gasteiger partial charge in [0.25, 0.3) is 0 Å². The molecule has 1 aromatic heterocycles. The van der Waals surface area contributed by atoms with E-state index in [9.17, 15) is 4.79 Å². The second-order valence-electron chi connectivity index (χ2n) is 3.88. The van der Waals surface area contributed by atoms with Crippen LogP contribution >= 0.6 is 11.8 Å². The summed E-state index contributed by atoms with van der Waals surface area (Å²) in [6.45, 7) is 1.83. The number of ketones is 1. The van der Waals surface area contributed by atoms with E-state index in [1.54, 1.807) is 6.07 Å². The molecule has 0 radical (unpaired) electrons. The van der Waals surface area contributed by atoms with Crippen LogP contribution in [0.3, 0.4) is 0 Å². The molecule has 2 aromatic rings. The van der Waals surface area contributed by atoms with Crippen molar-refractivity contribution in [3.8, 4) is 0 Å². The number of hydrogen-bond donors (Lipinski definition) is 2. The summed E-state index contributed by atoms with van der Waals surface area (Å²) in [5.74, 6) is 0.712. The lowest BCUT2D eigenvalue weighted by Gasteiger charge is -2.07. The molecule has 2 rings (SSSR count). The minimum Gasteiger partial charge on any atom is -0.383 e. The lowest BCUT2D eigenvalue weighted by atomic mass is 10.1. The molecule has 5 nitrogen and oxygen atoms in total. The third-order valence-electron chi connectivity index (χ3n) is 2.46. The van der Waals surface area contributed by atoms with Gasteiger partial charge in [-0.15, -0.1) is 0 Å². The van der Waals surface area contributed by atoms with Gasteiger partial charge in [0, 0.05) is 22.9 Å². The molecule has 4 N–H and O–H groups in total. The van der Waals surface area contributed by atoms with Gasteiger partial charge in [-0.25, -0.2) is 9.97 Å². The summed E-state index contributed by atoms with van der Waals surface area (Å²) in [5.41, 5.74) is 11.9. The highest BCUT2D eigenvalue weighted by molar-refractivity contribution is 7.99. The minimum absolute atomic E-state index is 0.0833. The number of rotatable bonds is 4. The number of Topliss-reactive ketones (excluding diaryl/α,β-unsaturated/α-hetero) is 1. The van der Waals surface area contributed by atoms with Gasteiger partial charge in [0.05, 0.1) is 0 Å². The van der Waals surface area contributed by atoms with Crippen LogP contribution in [0.5, 0.6) is 0 Å². The van der Waals surface area contributed by atoms with E-state index >= 15 is 0 Å². The van der Waals surface area contributed by atoms with Crippen LogP contribution in [-0.2, 0) is 0 Å². The summed E-state index contributed by atoms with van der Waals surface area (Å²) in [6.07, 6.45) is 0.456. The second-order valence-corrected chi connectivity index (χ2v) is 4.88. The molecular formula is C13H14N4OS. The highest BCUT2D eigenvalue weighted by Gasteiger charge is 2.12. The van der Waals surface area contributed by atoms with Crippen molar-refractivity contribution >= 4 is 29.2 Å². The van der Waals surface area contributed by atoms with Crippen molar-refractivity contribution in [3.63, 3.8) is 0 Å². The van der Waals surface area contributed by atoms with E-state index in [4.69, 9.17) is 11.5 Å². The maximum Gasteiger partial charge on any atom is 0.196 e. The van der Waals surface area contributed by atoms with Crippen molar-refractivity contribution in [1.29, 1.82) is 0 Å². The van der Waals surface area contributed by atoms with Crippen LogP contribution in [0.1, 0.15) is 23.7 Å². The number of nitrogen functional groups attached to an aromatic ring is 2. The molecule has 0 bridgehead atoms. The molecule has 0 aliphatic carbocycles. The van der Waals surface area contributed by atoms with Crippen molar-refractivity contribution in [2.75, 3.05) is 11.5 Å². The Kier molecular flexibility index (Phi) is 4.01. The zero-order valence-electron chi connectivity index (χ0n) is 10.5. The number of nitrogens with two attached hydrogens (primary N) is 2. The minimum atomic E-state index is 0.0833. The average molecular weight is 274 g/mol. The van der Waals surface area contributed by atoms with Crippen LogP contribution in [-0.4, -0.2) is 15.8 Å². The Morgan fingerprint density at radius 3 is 2.47 bits per heavy atom. The van der Waals surface area contributed by atoms with Gasteiger partial charge in [0.1, 0.15) is 11.6 Å². The average Bonchev–Trinajstić information content (AvgIpc) is 2.37. The number of carbonyl (C=O) groups excluding carboxylic acids is 1. The predicted molar refractivity (Wildman–Crippen MR) is 76.0 cm³/mol. The summed E-state index contributed by atoms with van der Waals surface area (Å²) in [6, 6.07) is 8.85. The standard InChI is InChI=1S/C13H14N4OS/c1-2-9(18)8-5-3-4-6-10(8)19-13-16-11(14)7-12(15)17-13/h3-7H,2H2,1H3,(H4,14,15,16,17). The fourth-order valence-electron chi connectivity index (χ4n) is 1.58. The van der Waals surface area contributed by atoms with Gasteiger partial charge in [0.15, 0.2) is 10.9 Å². The summed E-state index contributed by atoms with van der Waals surface area (Å²) in [4.78, 5) is 20.8. The van der Waals surface area contributed by atoms with Crippen LogP contribution < -0.4 is 11.5 Å². The summed E-state index contributed by atoms with van der Waals surface area (Å²) in [7, 11) is 0. The zero-order chi connectivity index (χ0) is 13.8. The van der Waals surface area contributed by atoms with E-state index in [0.29, 0.717) is 28.8 Å². The summed E-state index contributed by atoms with van der Waals surface area (Å²) >= 11 is 1.28. The number of nitrogens with zero attached hydrogens (tertiary/aromatic N) is 2. The SMILES string of the molecule is CCC(=O)c1ccccc1Sc1nc(N)cc(N)n1. The predicted octanol–water partition coefficient (Wildman–Crippen LogP) is 2.38. The Hall–Kier alpha value is -2.08. The number of anilines is 2. The Labute approximate surface area is 115 Å². The van der Waals surface area contributed by atoms with Crippen molar-refractivity contribution in [2.24, 2.45) is 0 Å². The van der Waals surface area contributed by atoms with Gasteiger partial charge in [-0.1, -0.05) is 25.1 Å².